The van der Waals surface area contributed by atoms with E-state index >= 15 is 0 Å². The number of nitrogens with one attached hydrogen (secondary N) is 1. The van der Waals surface area contributed by atoms with Crippen molar-refractivity contribution in [1.82, 2.24) is 24.6 Å². The summed E-state index contributed by atoms with van der Waals surface area (Å²) in [6, 6.07) is 15.3. The Balaban J connectivity index is 1.54. The van der Waals surface area contributed by atoms with Crippen LogP contribution in [-0.4, -0.2) is 31.8 Å². The SMILES string of the molecule is Cn1c(-c2ccccn2)nn(CCNC(=O)CCc2ccccc2)c1=O. The lowest BCUT2D eigenvalue weighted by molar-refractivity contribution is -0.121. The molecule has 7 nitrogen and oxygen atoms in total. The smallest absolute Gasteiger partial charge is 0.346 e. The van der Waals surface area contributed by atoms with E-state index < -0.39 is 0 Å². The van der Waals surface area contributed by atoms with Crippen LogP contribution in [0.5, 0.6) is 0 Å². The predicted molar refractivity (Wildman–Crippen MR) is 98.5 cm³/mol. The fourth-order valence-corrected chi connectivity index (χ4v) is 2.64. The first kappa shape index (κ1) is 17.6. The molecular formula is C19H21N5O2. The lowest BCUT2D eigenvalue weighted by Gasteiger charge is -2.05. The molecule has 7 heteroatoms. The molecule has 3 rings (SSSR count). The third kappa shape index (κ3) is 4.24. The van der Waals surface area contributed by atoms with Gasteiger partial charge in [0.05, 0.1) is 6.54 Å². The molecule has 0 atom stereocenters. The minimum absolute atomic E-state index is 0.0391. The number of aromatic nitrogens is 4. The first-order valence-corrected chi connectivity index (χ1v) is 8.51. The van der Waals surface area contributed by atoms with E-state index in [2.05, 4.69) is 15.4 Å². The maximum Gasteiger partial charge on any atom is 0.346 e. The molecule has 0 fully saturated rings. The van der Waals surface area contributed by atoms with Crippen molar-refractivity contribution in [2.75, 3.05) is 6.54 Å². The summed E-state index contributed by atoms with van der Waals surface area (Å²) in [6.45, 7) is 0.669. The number of benzene rings is 1. The van der Waals surface area contributed by atoms with Gasteiger partial charge in [0.15, 0.2) is 5.82 Å². The largest absolute Gasteiger partial charge is 0.354 e. The molecule has 0 aliphatic rings. The highest BCUT2D eigenvalue weighted by molar-refractivity contribution is 5.76. The van der Waals surface area contributed by atoms with E-state index in [9.17, 15) is 9.59 Å². The van der Waals surface area contributed by atoms with Gasteiger partial charge in [-0.05, 0) is 24.1 Å². The van der Waals surface area contributed by atoms with Crippen molar-refractivity contribution in [3.63, 3.8) is 0 Å². The van der Waals surface area contributed by atoms with Gasteiger partial charge >= 0.3 is 5.69 Å². The molecule has 0 saturated heterocycles. The summed E-state index contributed by atoms with van der Waals surface area (Å²) in [7, 11) is 1.66. The van der Waals surface area contributed by atoms with Gasteiger partial charge in [-0.15, -0.1) is 5.10 Å². The molecule has 2 aromatic heterocycles. The summed E-state index contributed by atoms with van der Waals surface area (Å²) in [5.41, 5.74) is 1.53. The molecule has 2 heterocycles. The first-order valence-electron chi connectivity index (χ1n) is 8.51. The average Bonchev–Trinajstić information content (AvgIpc) is 2.96. The maximum atomic E-state index is 12.3. The molecule has 1 N–H and O–H groups in total. The van der Waals surface area contributed by atoms with Crippen molar-refractivity contribution in [3.05, 3.63) is 70.8 Å². The Morgan fingerprint density at radius 2 is 1.88 bits per heavy atom. The first-order chi connectivity index (χ1) is 12.6. The highest BCUT2D eigenvalue weighted by atomic mass is 16.2. The zero-order valence-corrected chi connectivity index (χ0v) is 14.6. The van der Waals surface area contributed by atoms with Gasteiger partial charge in [0.2, 0.25) is 5.91 Å². The molecular weight excluding hydrogens is 330 g/mol. The Morgan fingerprint density at radius 1 is 1.12 bits per heavy atom. The quantitative estimate of drug-likeness (QED) is 0.697. The Hall–Kier alpha value is -3.22. The summed E-state index contributed by atoms with van der Waals surface area (Å²) in [4.78, 5) is 28.4. The van der Waals surface area contributed by atoms with Crippen LogP contribution in [0.3, 0.4) is 0 Å². The van der Waals surface area contributed by atoms with Crippen LogP contribution in [0.1, 0.15) is 12.0 Å². The Kier molecular flexibility index (Phi) is 5.58. The fraction of sp³-hybridized carbons (Fsp3) is 0.263. The molecule has 0 bridgehead atoms. The third-order valence-corrected chi connectivity index (χ3v) is 4.06. The maximum absolute atomic E-state index is 12.3. The topological polar surface area (TPSA) is 81.8 Å². The highest BCUT2D eigenvalue weighted by Gasteiger charge is 2.12. The number of carbonyl (C=O) groups excluding carboxylic acids is 1. The number of aryl methyl sites for hydroxylation is 1. The number of hydrogen-bond acceptors (Lipinski definition) is 4. The molecule has 0 spiro atoms. The van der Waals surface area contributed by atoms with Crippen LogP contribution in [0.25, 0.3) is 11.5 Å². The number of nitrogens with zero attached hydrogens (tertiary/aromatic N) is 4. The van der Waals surface area contributed by atoms with Crippen molar-refractivity contribution in [3.8, 4) is 11.5 Å². The van der Waals surface area contributed by atoms with Gasteiger partial charge in [0.1, 0.15) is 5.69 Å². The van der Waals surface area contributed by atoms with E-state index in [0.717, 1.165) is 5.56 Å². The van der Waals surface area contributed by atoms with Crippen LogP contribution < -0.4 is 11.0 Å². The Morgan fingerprint density at radius 3 is 2.62 bits per heavy atom. The Bertz CT molecular complexity index is 916. The van der Waals surface area contributed by atoms with Gasteiger partial charge in [0, 0.05) is 26.2 Å². The van der Waals surface area contributed by atoms with Gasteiger partial charge in [0.25, 0.3) is 0 Å². The third-order valence-electron chi connectivity index (χ3n) is 4.06. The van der Waals surface area contributed by atoms with E-state index in [1.54, 1.807) is 19.3 Å². The molecule has 26 heavy (non-hydrogen) atoms. The van der Waals surface area contributed by atoms with Crippen molar-refractivity contribution >= 4 is 5.91 Å². The molecule has 134 valence electrons. The highest BCUT2D eigenvalue weighted by Crippen LogP contribution is 2.10. The van der Waals surface area contributed by atoms with E-state index in [1.165, 1.54) is 9.25 Å². The lowest BCUT2D eigenvalue weighted by Crippen LogP contribution is -2.31. The van der Waals surface area contributed by atoms with Gasteiger partial charge in [-0.25, -0.2) is 9.48 Å². The average molecular weight is 351 g/mol. The van der Waals surface area contributed by atoms with Gasteiger partial charge < -0.3 is 5.32 Å². The summed E-state index contributed by atoms with van der Waals surface area (Å²) in [5, 5.41) is 7.16. The number of rotatable bonds is 7. The molecule has 0 aliphatic carbocycles. The van der Waals surface area contributed by atoms with Gasteiger partial charge in [-0.1, -0.05) is 36.4 Å². The van der Waals surface area contributed by atoms with E-state index in [1.807, 2.05) is 42.5 Å². The van der Waals surface area contributed by atoms with E-state index in [-0.39, 0.29) is 11.6 Å². The number of carbonyl (C=O) groups is 1. The van der Waals surface area contributed by atoms with Crippen LogP contribution in [-0.2, 0) is 24.8 Å². The van der Waals surface area contributed by atoms with Crippen LogP contribution in [0, 0.1) is 0 Å². The molecule has 0 saturated carbocycles. The second-order valence-electron chi connectivity index (χ2n) is 5.94. The molecule has 3 aromatic rings. The molecule has 0 radical (unpaired) electrons. The van der Waals surface area contributed by atoms with Crippen LogP contribution in [0.2, 0.25) is 0 Å². The zero-order chi connectivity index (χ0) is 18.4. The lowest BCUT2D eigenvalue weighted by atomic mass is 10.1. The monoisotopic (exact) mass is 351 g/mol. The summed E-state index contributed by atoms with van der Waals surface area (Å²) >= 11 is 0. The van der Waals surface area contributed by atoms with Crippen molar-refractivity contribution in [2.24, 2.45) is 7.05 Å². The number of amides is 1. The summed E-state index contributed by atoms with van der Waals surface area (Å²) in [5.74, 6) is 0.466. The Labute approximate surface area is 151 Å². The second kappa shape index (κ2) is 8.24. The molecule has 0 aliphatic heterocycles. The second-order valence-corrected chi connectivity index (χ2v) is 5.94. The van der Waals surface area contributed by atoms with E-state index in [4.69, 9.17) is 0 Å². The van der Waals surface area contributed by atoms with Gasteiger partial charge in [-0.2, -0.15) is 0 Å². The standard InChI is InChI=1S/C19H21N5O2/c1-23-18(16-9-5-6-12-20-16)22-24(19(23)26)14-13-21-17(25)11-10-15-7-3-2-4-8-15/h2-9,12H,10-11,13-14H2,1H3,(H,21,25). The minimum atomic E-state index is -0.232. The summed E-state index contributed by atoms with van der Waals surface area (Å²) < 4.78 is 2.81. The molecule has 0 unspecified atom stereocenters. The molecule has 1 aromatic carbocycles. The van der Waals surface area contributed by atoms with Crippen molar-refractivity contribution < 1.29 is 4.79 Å². The van der Waals surface area contributed by atoms with Crippen LogP contribution in [0.15, 0.2) is 59.5 Å². The summed E-state index contributed by atoms with van der Waals surface area (Å²) in [6.07, 6.45) is 2.77. The molecule has 1 amide bonds. The van der Waals surface area contributed by atoms with Crippen LogP contribution >= 0.6 is 0 Å². The van der Waals surface area contributed by atoms with Crippen molar-refractivity contribution in [1.29, 1.82) is 0 Å². The van der Waals surface area contributed by atoms with Crippen molar-refractivity contribution in [2.45, 2.75) is 19.4 Å². The van der Waals surface area contributed by atoms with Crippen LogP contribution in [0.4, 0.5) is 0 Å². The zero-order valence-electron chi connectivity index (χ0n) is 14.6. The predicted octanol–water partition coefficient (Wildman–Crippen LogP) is 1.39. The fourth-order valence-electron chi connectivity index (χ4n) is 2.64. The van der Waals surface area contributed by atoms with Gasteiger partial charge in [-0.3, -0.25) is 14.3 Å². The van der Waals surface area contributed by atoms with E-state index in [0.29, 0.717) is 37.4 Å². The minimum Gasteiger partial charge on any atom is -0.354 e. The number of pyridine rings is 1. The normalized spacial score (nSPS) is 10.7. The number of hydrogen-bond donors (Lipinski definition) is 1.